The van der Waals surface area contributed by atoms with E-state index in [0.717, 1.165) is 50.9 Å². The molecule has 1 aromatic carbocycles. The third-order valence-electron chi connectivity index (χ3n) is 5.20. The van der Waals surface area contributed by atoms with Gasteiger partial charge in [0, 0.05) is 44.1 Å². The predicted octanol–water partition coefficient (Wildman–Crippen LogP) is 2.52. The van der Waals surface area contributed by atoms with Crippen LogP contribution in [0.5, 0.6) is 0 Å². The van der Waals surface area contributed by atoms with E-state index < -0.39 is 0 Å². The van der Waals surface area contributed by atoms with Gasteiger partial charge in [-0.05, 0) is 36.3 Å². The smallest absolute Gasteiger partial charge is 0.225 e. The molecule has 1 saturated heterocycles. The SMILES string of the molecule is c1ccc2c(c1)CCC[C@@H]2CNCc1cnc(N2CCOCC2)nc1. The highest BCUT2D eigenvalue weighted by Gasteiger charge is 2.19. The number of ether oxygens (including phenoxy) is 1. The lowest BCUT2D eigenvalue weighted by atomic mass is 9.83. The van der Waals surface area contributed by atoms with Crippen LogP contribution in [0.4, 0.5) is 5.95 Å². The molecule has 2 aromatic rings. The highest BCUT2D eigenvalue weighted by Crippen LogP contribution is 2.30. The summed E-state index contributed by atoms with van der Waals surface area (Å²) in [6, 6.07) is 8.89. The summed E-state index contributed by atoms with van der Waals surface area (Å²) in [4.78, 5) is 11.2. The van der Waals surface area contributed by atoms with Crippen LogP contribution in [0.15, 0.2) is 36.7 Å². The van der Waals surface area contributed by atoms with Crippen molar-refractivity contribution in [3.8, 4) is 0 Å². The summed E-state index contributed by atoms with van der Waals surface area (Å²) >= 11 is 0. The normalized spacial score (nSPS) is 20.3. The molecule has 5 nitrogen and oxygen atoms in total. The second-order valence-electron chi connectivity index (χ2n) is 6.91. The Kier molecular flexibility index (Phi) is 5.23. The molecular formula is C20H26N4O. The minimum absolute atomic E-state index is 0.624. The van der Waals surface area contributed by atoms with Crippen molar-refractivity contribution in [3.63, 3.8) is 0 Å². The molecule has 132 valence electrons. The predicted molar refractivity (Wildman–Crippen MR) is 98.9 cm³/mol. The monoisotopic (exact) mass is 338 g/mol. The number of hydrogen-bond donors (Lipinski definition) is 1. The van der Waals surface area contributed by atoms with Crippen LogP contribution in [0.1, 0.15) is 35.4 Å². The van der Waals surface area contributed by atoms with Gasteiger partial charge in [0.2, 0.25) is 5.95 Å². The highest BCUT2D eigenvalue weighted by molar-refractivity contribution is 5.33. The van der Waals surface area contributed by atoms with Gasteiger partial charge in [-0.1, -0.05) is 24.3 Å². The summed E-state index contributed by atoms with van der Waals surface area (Å²) in [5.41, 5.74) is 4.19. The summed E-state index contributed by atoms with van der Waals surface area (Å²) in [5.74, 6) is 1.44. The van der Waals surface area contributed by atoms with Crippen LogP contribution in [0.3, 0.4) is 0 Å². The molecule has 1 atom stereocenters. The molecule has 0 amide bonds. The first-order valence-corrected chi connectivity index (χ1v) is 9.32. The quantitative estimate of drug-likeness (QED) is 0.908. The first-order valence-electron chi connectivity index (χ1n) is 9.32. The van der Waals surface area contributed by atoms with Crippen molar-refractivity contribution in [1.82, 2.24) is 15.3 Å². The van der Waals surface area contributed by atoms with Crippen LogP contribution < -0.4 is 10.2 Å². The van der Waals surface area contributed by atoms with Gasteiger partial charge in [-0.25, -0.2) is 9.97 Å². The fourth-order valence-corrected chi connectivity index (χ4v) is 3.82. The van der Waals surface area contributed by atoms with E-state index in [2.05, 4.69) is 44.5 Å². The first-order chi connectivity index (χ1) is 12.4. The number of rotatable bonds is 5. The van der Waals surface area contributed by atoms with Crippen LogP contribution in [0, 0.1) is 0 Å². The van der Waals surface area contributed by atoms with Crippen LogP contribution in [0.25, 0.3) is 0 Å². The molecule has 1 N–H and O–H groups in total. The Morgan fingerprint density at radius 1 is 1.12 bits per heavy atom. The molecule has 1 aliphatic carbocycles. The van der Waals surface area contributed by atoms with Crippen LogP contribution in [0.2, 0.25) is 0 Å². The Balaban J connectivity index is 1.30. The maximum absolute atomic E-state index is 5.37. The van der Waals surface area contributed by atoms with E-state index in [0.29, 0.717) is 5.92 Å². The molecule has 25 heavy (non-hydrogen) atoms. The van der Waals surface area contributed by atoms with Gasteiger partial charge in [0.1, 0.15) is 0 Å². The Morgan fingerprint density at radius 2 is 1.92 bits per heavy atom. The Labute approximate surface area is 149 Å². The third kappa shape index (κ3) is 3.99. The lowest BCUT2D eigenvalue weighted by Crippen LogP contribution is -2.37. The van der Waals surface area contributed by atoms with E-state index in [1.165, 1.54) is 30.4 Å². The molecule has 0 bridgehead atoms. The summed E-state index contributed by atoms with van der Waals surface area (Å²) in [5, 5.41) is 3.60. The van der Waals surface area contributed by atoms with Gasteiger partial charge in [-0.2, -0.15) is 0 Å². The van der Waals surface area contributed by atoms with E-state index in [1.54, 1.807) is 0 Å². The summed E-state index contributed by atoms with van der Waals surface area (Å²) in [6.07, 6.45) is 7.68. The number of nitrogens with one attached hydrogen (secondary N) is 1. The Morgan fingerprint density at radius 3 is 2.76 bits per heavy atom. The van der Waals surface area contributed by atoms with E-state index in [1.807, 2.05) is 12.4 Å². The van der Waals surface area contributed by atoms with Crippen LogP contribution in [-0.2, 0) is 17.7 Å². The molecular weight excluding hydrogens is 312 g/mol. The van der Waals surface area contributed by atoms with Crippen molar-refractivity contribution >= 4 is 5.95 Å². The summed E-state index contributed by atoms with van der Waals surface area (Å²) < 4.78 is 5.37. The fraction of sp³-hybridized carbons (Fsp3) is 0.500. The topological polar surface area (TPSA) is 50.3 Å². The van der Waals surface area contributed by atoms with Gasteiger partial charge in [-0.3, -0.25) is 0 Å². The Bertz CT molecular complexity index is 682. The number of aryl methyl sites for hydroxylation is 1. The molecule has 5 heteroatoms. The zero-order valence-corrected chi connectivity index (χ0v) is 14.7. The van der Waals surface area contributed by atoms with Crippen molar-refractivity contribution in [1.29, 1.82) is 0 Å². The average Bonchev–Trinajstić information content (AvgIpc) is 2.69. The highest BCUT2D eigenvalue weighted by atomic mass is 16.5. The van der Waals surface area contributed by atoms with Gasteiger partial charge < -0.3 is 15.0 Å². The minimum Gasteiger partial charge on any atom is -0.378 e. The molecule has 1 fully saturated rings. The number of fused-ring (bicyclic) bond motifs is 1. The van der Waals surface area contributed by atoms with Gasteiger partial charge >= 0.3 is 0 Å². The summed E-state index contributed by atoms with van der Waals surface area (Å²) in [7, 11) is 0. The molecule has 1 aliphatic heterocycles. The van der Waals surface area contributed by atoms with E-state index in [4.69, 9.17) is 4.74 Å². The molecule has 2 aliphatic rings. The van der Waals surface area contributed by atoms with Gasteiger partial charge in [-0.15, -0.1) is 0 Å². The maximum atomic E-state index is 5.37. The molecule has 0 unspecified atom stereocenters. The van der Waals surface area contributed by atoms with Gasteiger partial charge in [0.15, 0.2) is 0 Å². The number of aromatic nitrogens is 2. The zero-order valence-electron chi connectivity index (χ0n) is 14.7. The van der Waals surface area contributed by atoms with Gasteiger partial charge in [0.05, 0.1) is 13.2 Å². The Hall–Kier alpha value is -1.98. The number of hydrogen-bond acceptors (Lipinski definition) is 5. The molecule has 4 rings (SSSR count). The molecule has 1 aromatic heterocycles. The zero-order chi connectivity index (χ0) is 16.9. The largest absolute Gasteiger partial charge is 0.378 e. The summed E-state index contributed by atoms with van der Waals surface area (Å²) in [6.45, 7) is 5.10. The number of anilines is 1. The number of morpholine rings is 1. The van der Waals surface area contributed by atoms with Crippen molar-refractivity contribution in [2.75, 3.05) is 37.7 Å². The minimum atomic E-state index is 0.624. The number of benzene rings is 1. The molecule has 2 heterocycles. The standard InChI is InChI=1S/C20H26N4O/c1-2-7-19-17(4-1)5-3-6-18(19)15-21-12-16-13-22-20(23-14-16)24-8-10-25-11-9-24/h1-2,4,7,13-14,18,21H,3,5-6,8-12,15H2/t18-/m1/s1. The molecule has 0 radical (unpaired) electrons. The average molecular weight is 338 g/mol. The van der Waals surface area contributed by atoms with Crippen molar-refractivity contribution in [2.24, 2.45) is 0 Å². The number of nitrogens with zero attached hydrogens (tertiary/aromatic N) is 3. The molecule has 0 saturated carbocycles. The van der Waals surface area contributed by atoms with Crippen molar-refractivity contribution in [2.45, 2.75) is 31.7 Å². The van der Waals surface area contributed by atoms with Crippen molar-refractivity contribution in [3.05, 3.63) is 53.3 Å². The van der Waals surface area contributed by atoms with Gasteiger partial charge in [0.25, 0.3) is 0 Å². The van der Waals surface area contributed by atoms with Crippen LogP contribution >= 0.6 is 0 Å². The molecule has 0 spiro atoms. The van der Waals surface area contributed by atoms with E-state index in [-0.39, 0.29) is 0 Å². The fourth-order valence-electron chi connectivity index (χ4n) is 3.82. The second kappa shape index (κ2) is 7.93. The van der Waals surface area contributed by atoms with Crippen LogP contribution in [-0.4, -0.2) is 42.8 Å². The lowest BCUT2D eigenvalue weighted by Gasteiger charge is -2.27. The van der Waals surface area contributed by atoms with E-state index in [9.17, 15) is 0 Å². The second-order valence-corrected chi connectivity index (χ2v) is 6.91. The first kappa shape index (κ1) is 16.5. The lowest BCUT2D eigenvalue weighted by molar-refractivity contribution is 0.122. The van der Waals surface area contributed by atoms with E-state index >= 15 is 0 Å². The third-order valence-corrected chi connectivity index (χ3v) is 5.20. The maximum Gasteiger partial charge on any atom is 0.225 e. The van der Waals surface area contributed by atoms with Crippen molar-refractivity contribution < 1.29 is 4.74 Å².